The van der Waals surface area contributed by atoms with E-state index in [4.69, 9.17) is 0 Å². The fourth-order valence-corrected chi connectivity index (χ4v) is 4.24. The number of anilines is 2. The minimum Gasteiger partial charge on any atom is -0.548 e. The predicted octanol–water partition coefficient (Wildman–Crippen LogP) is 1.34. The van der Waals surface area contributed by atoms with Gasteiger partial charge in [-0.2, -0.15) is 0 Å². The Kier molecular flexibility index (Phi) is 5.41. The third-order valence-corrected chi connectivity index (χ3v) is 5.63. The van der Waals surface area contributed by atoms with Crippen molar-refractivity contribution >= 4 is 17.3 Å². The Morgan fingerprint density at radius 3 is 2.26 bits per heavy atom. The van der Waals surface area contributed by atoms with E-state index in [1.165, 1.54) is 22.5 Å². The number of hydrogen-bond donors (Lipinski definition) is 1. The highest BCUT2D eigenvalue weighted by Crippen LogP contribution is 2.35. The molecule has 5 nitrogen and oxygen atoms in total. The summed E-state index contributed by atoms with van der Waals surface area (Å²) in [4.78, 5) is 15.8. The largest absolute Gasteiger partial charge is 0.548 e. The maximum atomic E-state index is 11.1. The van der Waals surface area contributed by atoms with E-state index in [1.54, 1.807) is 0 Å². The number of fused-ring (bicyclic) bond motifs is 2. The van der Waals surface area contributed by atoms with E-state index in [0.717, 1.165) is 38.9 Å². The molecule has 0 saturated carbocycles. The summed E-state index contributed by atoms with van der Waals surface area (Å²) in [6.45, 7) is 3.93. The molecule has 142 valence electrons. The first-order valence-corrected chi connectivity index (χ1v) is 9.82. The number of aliphatic carboxylic acids is 1. The van der Waals surface area contributed by atoms with E-state index in [0.29, 0.717) is 13.1 Å². The minimum absolute atomic E-state index is 0.523. The van der Waals surface area contributed by atoms with E-state index >= 15 is 0 Å². The molecule has 1 atom stereocenters. The number of carboxylic acid groups (broad SMARTS) is 1. The lowest BCUT2D eigenvalue weighted by Crippen LogP contribution is -2.58. The number of benzene rings is 2. The van der Waals surface area contributed by atoms with Gasteiger partial charge in [0.15, 0.2) is 0 Å². The number of para-hydroxylation sites is 2. The molecule has 0 radical (unpaired) electrons. The monoisotopic (exact) mass is 364 g/mol. The number of carboxylic acids is 1. The number of rotatable bonds is 5. The molecule has 0 bridgehead atoms. The van der Waals surface area contributed by atoms with E-state index in [-0.39, 0.29) is 0 Å². The Hall–Kier alpha value is -2.37. The number of nitrogens with one attached hydrogen (secondary N) is 1. The van der Waals surface area contributed by atoms with E-state index in [1.807, 2.05) is 0 Å². The summed E-state index contributed by atoms with van der Waals surface area (Å²) >= 11 is 0. The molecule has 4 rings (SSSR count). The van der Waals surface area contributed by atoms with Gasteiger partial charge in [0.25, 0.3) is 0 Å². The molecule has 2 aliphatic heterocycles. The first-order valence-electron chi connectivity index (χ1n) is 9.82. The number of nitrogens with zero attached hydrogens (tertiary/aromatic N) is 2. The van der Waals surface area contributed by atoms with E-state index in [9.17, 15) is 9.90 Å². The number of piperazine rings is 1. The highest BCUT2D eigenvalue weighted by molar-refractivity contribution is 5.72. The summed E-state index contributed by atoms with van der Waals surface area (Å²) in [7, 11) is 0. The molecule has 1 fully saturated rings. The van der Waals surface area contributed by atoms with Gasteiger partial charge in [0.2, 0.25) is 0 Å². The highest BCUT2D eigenvalue weighted by atomic mass is 16.4. The molecule has 1 saturated heterocycles. The molecule has 2 aromatic rings. The van der Waals surface area contributed by atoms with Crippen molar-refractivity contribution in [2.75, 3.05) is 37.6 Å². The molecule has 0 aliphatic carbocycles. The second-order valence-electron chi connectivity index (χ2n) is 7.39. The van der Waals surface area contributed by atoms with Crippen LogP contribution in [0.4, 0.5) is 11.4 Å². The van der Waals surface area contributed by atoms with Crippen LogP contribution in [-0.4, -0.2) is 49.6 Å². The van der Waals surface area contributed by atoms with E-state index < -0.39 is 12.0 Å². The molecule has 2 aliphatic rings. The Morgan fingerprint density at radius 2 is 1.63 bits per heavy atom. The average molecular weight is 364 g/mol. The van der Waals surface area contributed by atoms with Crippen LogP contribution in [0.1, 0.15) is 17.5 Å². The first-order chi connectivity index (χ1) is 13.2. The number of carbonyl (C=O) groups is 1. The second-order valence-corrected chi connectivity index (χ2v) is 7.39. The number of aryl methyl sites for hydroxylation is 2. The van der Waals surface area contributed by atoms with Crippen LogP contribution in [0, 0.1) is 0 Å². The SMILES string of the molecule is O=C([O-])C1CN(CCCN2c3ccccc3CCc3ccccc32)CCN1. The quantitative estimate of drug-likeness (QED) is 0.868. The van der Waals surface area contributed by atoms with Crippen LogP contribution >= 0.6 is 0 Å². The summed E-state index contributed by atoms with van der Waals surface area (Å²) in [6.07, 6.45) is 3.12. The Bertz CT molecular complexity index is 760. The third-order valence-electron chi connectivity index (χ3n) is 5.63. The van der Waals surface area contributed by atoms with Gasteiger partial charge in [0.1, 0.15) is 0 Å². The zero-order valence-corrected chi connectivity index (χ0v) is 15.6. The van der Waals surface area contributed by atoms with Gasteiger partial charge in [0.05, 0.1) is 12.0 Å². The fraction of sp³-hybridized carbons (Fsp3) is 0.409. The molecule has 0 spiro atoms. The van der Waals surface area contributed by atoms with Gasteiger partial charge in [-0.25, -0.2) is 0 Å². The Labute approximate surface area is 160 Å². The van der Waals surface area contributed by atoms with E-state index in [2.05, 4.69) is 63.6 Å². The van der Waals surface area contributed by atoms with Crippen LogP contribution in [0.5, 0.6) is 0 Å². The second kappa shape index (κ2) is 8.11. The molecule has 2 heterocycles. The molecular weight excluding hydrogens is 338 g/mol. The highest BCUT2D eigenvalue weighted by Gasteiger charge is 2.22. The molecule has 5 heteroatoms. The van der Waals surface area contributed by atoms with Gasteiger partial charge >= 0.3 is 0 Å². The van der Waals surface area contributed by atoms with Gasteiger partial charge in [-0.1, -0.05) is 36.4 Å². The van der Waals surface area contributed by atoms with Crippen LogP contribution in [0.25, 0.3) is 0 Å². The summed E-state index contributed by atoms with van der Waals surface area (Å²) in [5.74, 6) is -1.00. The molecular formula is C22H26N3O2-. The van der Waals surface area contributed by atoms with Crippen molar-refractivity contribution in [2.24, 2.45) is 0 Å². The van der Waals surface area contributed by atoms with Crippen molar-refractivity contribution in [1.82, 2.24) is 10.2 Å². The van der Waals surface area contributed by atoms with Gasteiger partial charge in [-0.15, -0.1) is 0 Å². The number of hydrogen-bond acceptors (Lipinski definition) is 5. The summed E-state index contributed by atoms with van der Waals surface area (Å²) in [5.41, 5.74) is 5.39. The smallest absolute Gasteiger partial charge is 0.0597 e. The molecule has 27 heavy (non-hydrogen) atoms. The average Bonchev–Trinajstić information content (AvgIpc) is 2.86. The van der Waals surface area contributed by atoms with Crippen LogP contribution < -0.4 is 15.3 Å². The van der Waals surface area contributed by atoms with Crippen molar-refractivity contribution in [1.29, 1.82) is 0 Å². The van der Waals surface area contributed by atoms with Crippen LogP contribution in [-0.2, 0) is 17.6 Å². The van der Waals surface area contributed by atoms with Crippen molar-refractivity contribution in [3.8, 4) is 0 Å². The zero-order valence-electron chi connectivity index (χ0n) is 15.6. The van der Waals surface area contributed by atoms with Crippen molar-refractivity contribution in [3.05, 3.63) is 59.7 Å². The Balaban J connectivity index is 1.47. The van der Waals surface area contributed by atoms with Crippen LogP contribution in [0.2, 0.25) is 0 Å². The van der Waals surface area contributed by atoms with Crippen molar-refractivity contribution in [2.45, 2.75) is 25.3 Å². The Morgan fingerprint density at radius 1 is 1.00 bits per heavy atom. The minimum atomic E-state index is -1.00. The van der Waals surface area contributed by atoms with Crippen LogP contribution in [0.3, 0.4) is 0 Å². The van der Waals surface area contributed by atoms with Crippen molar-refractivity contribution < 1.29 is 9.90 Å². The van der Waals surface area contributed by atoms with Gasteiger partial charge in [-0.3, -0.25) is 0 Å². The molecule has 2 aromatic carbocycles. The topological polar surface area (TPSA) is 58.6 Å². The molecule has 0 amide bonds. The lowest BCUT2D eigenvalue weighted by atomic mass is 10.0. The summed E-state index contributed by atoms with van der Waals surface area (Å²) in [5, 5.41) is 14.1. The zero-order chi connectivity index (χ0) is 18.6. The predicted molar refractivity (Wildman–Crippen MR) is 105 cm³/mol. The first kappa shape index (κ1) is 18.0. The molecule has 0 aromatic heterocycles. The standard InChI is InChI=1S/C22H27N3O2/c26-22(27)19-16-24(15-12-23-19)13-5-14-25-20-8-3-1-6-17(20)10-11-18-7-2-4-9-21(18)25/h1-4,6-9,19,23H,5,10-16H2,(H,26,27)/p-1. The van der Waals surface area contributed by atoms with Gasteiger partial charge < -0.3 is 25.0 Å². The number of carbonyl (C=O) groups excluding carboxylic acids is 1. The van der Waals surface area contributed by atoms with Gasteiger partial charge in [0, 0.05) is 37.6 Å². The normalized spacial score (nSPS) is 19.9. The molecule has 1 N–H and O–H groups in total. The fourth-order valence-electron chi connectivity index (χ4n) is 4.24. The summed E-state index contributed by atoms with van der Waals surface area (Å²) < 4.78 is 0. The van der Waals surface area contributed by atoms with Crippen LogP contribution in [0.15, 0.2) is 48.5 Å². The van der Waals surface area contributed by atoms with Crippen molar-refractivity contribution in [3.63, 3.8) is 0 Å². The summed E-state index contributed by atoms with van der Waals surface area (Å²) in [6, 6.07) is 16.8. The lowest BCUT2D eigenvalue weighted by molar-refractivity contribution is -0.309. The third kappa shape index (κ3) is 3.99. The maximum absolute atomic E-state index is 11.1. The van der Waals surface area contributed by atoms with Gasteiger partial charge in [-0.05, 0) is 49.1 Å². The molecule has 1 unspecified atom stereocenters. The maximum Gasteiger partial charge on any atom is 0.0597 e. The lowest BCUT2D eigenvalue weighted by Gasteiger charge is -2.35.